The molecule has 0 aliphatic rings. The Morgan fingerprint density at radius 3 is 2.83 bits per heavy atom. The molecule has 0 amide bonds. The summed E-state index contributed by atoms with van der Waals surface area (Å²) in [5.41, 5.74) is 1.41. The number of aromatic nitrogens is 2. The fraction of sp³-hybridized carbons (Fsp3) is 0.250. The van der Waals surface area contributed by atoms with Gasteiger partial charge in [-0.15, -0.1) is 0 Å². The van der Waals surface area contributed by atoms with Crippen molar-refractivity contribution < 1.29 is 18.8 Å². The summed E-state index contributed by atoms with van der Waals surface area (Å²) in [5, 5.41) is 3.87. The van der Waals surface area contributed by atoms with Gasteiger partial charge in [0.2, 0.25) is 5.88 Å². The van der Waals surface area contributed by atoms with Crippen molar-refractivity contribution >= 4 is 5.97 Å². The molecule has 0 spiro atoms. The van der Waals surface area contributed by atoms with Gasteiger partial charge in [-0.2, -0.15) is 0 Å². The Balaban J connectivity index is 2.53. The van der Waals surface area contributed by atoms with E-state index in [-0.39, 0.29) is 0 Å². The summed E-state index contributed by atoms with van der Waals surface area (Å²) in [5.74, 6) is 0.358. The minimum absolute atomic E-state index is 0.311. The SMILES string of the molecule is COC(=O)c1c(-c2ccnc(OC)c2)noc1C. The molecular weight excluding hydrogens is 236 g/mol. The molecule has 2 rings (SSSR count). The first-order chi connectivity index (χ1) is 8.67. The number of nitrogens with zero attached hydrogens (tertiary/aromatic N) is 2. The highest BCUT2D eigenvalue weighted by Crippen LogP contribution is 2.27. The van der Waals surface area contributed by atoms with Crippen molar-refractivity contribution in [2.45, 2.75) is 6.92 Å². The predicted molar refractivity (Wildman–Crippen MR) is 62.4 cm³/mol. The van der Waals surface area contributed by atoms with Gasteiger partial charge in [-0.3, -0.25) is 0 Å². The van der Waals surface area contributed by atoms with E-state index in [1.54, 1.807) is 25.3 Å². The highest BCUT2D eigenvalue weighted by molar-refractivity contribution is 5.97. The van der Waals surface area contributed by atoms with E-state index in [0.29, 0.717) is 28.5 Å². The van der Waals surface area contributed by atoms with Crippen LogP contribution in [0.25, 0.3) is 11.3 Å². The smallest absolute Gasteiger partial charge is 0.343 e. The molecule has 0 aliphatic carbocycles. The summed E-state index contributed by atoms with van der Waals surface area (Å²) in [6.45, 7) is 1.65. The van der Waals surface area contributed by atoms with Crippen LogP contribution in [0.1, 0.15) is 16.1 Å². The number of rotatable bonds is 3. The third kappa shape index (κ3) is 2.04. The Labute approximate surface area is 104 Å². The molecule has 0 saturated heterocycles. The maximum absolute atomic E-state index is 11.7. The number of hydrogen-bond donors (Lipinski definition) is 0. The van der Waals surface area contributed by atoms with E-state index in [2.05, 4.69) is 10.1 Å². The average Bonchev–Trinajstić information content (AvgIpc) is 2.80. The molecule has 2 heterocycles. The van der Waals surface area contributed by atoms with Crippen LogP contribution in [0.3, 0.4) is 0 Å². The molecule has 0 radical (unpaired) electrons. The van der Waals surface area contributed by atoms with E-state index < -0.39 is 5.97 Å². The van der Waals surface area contributed by atoms with Crippen LogP contribution in [0.15, 0.2) is 22.9 Å². The Morgan fingerprint density at radius 1 is 1.39 bits per heavy atom. The standard InChI is InChI=1S/C12H12N2O4/c1-7-10(12(15)17-3)11(14-18-7)8-4-5-13-9(6-8)16-2/h4-6H,1-3H3. The molecule has 0 fully saturated rings. The third-order valence-electron chi connectivity index (χ3n) is 2.47. The zero-order valence-electron chi connectivity index (χ0n) is 10.3. The molecule has 2 aromatic heterocycles. The number of hydrogen-bond acceptors (Lipinski definition) is 6. The zero-order valence-corrected chi connectivity index (χ0v) is 10.3. The summed E-state index contributed by atoms with van der Waals surface area (Å²) < 4.78 is 14.8. The first-order valence-corrected chi connectivity index (χ1v) is 5.22. The maximum atomic E-state index is 11.7. The van der Waals surface area contributed by atoms with Gasteiger partial charge in [-0.25, -0.2) is 9.78 Å². The van der Waals surface area contributed by atoms with Crippen molar-refractivity contribution in [2.24, 2.45) is 0 Å². The van der Waals surface area contributed by atoms with Gasteiger partial charge in [0, 0.05) is 17.8 Å². The molecule has 6 heteroatoms. The van der Waals surface area contributed by atoms with E-state index in [1.807, 2.05) is 0 Å². The van der Waals surface area contributed by atoms with Crippen LogP contribution in [-0.4, -0.2) is 30.3 Å². The average molecular weight is 248 g/mol. The molecule has 2 aromatic rings. The monoisotopic (exact) mass is 248 g/mol. The van der Waals surface area contributed by atoms with Crippen LogP contribution in [0.4, 0.5) is 0 Å². The topological polar surface area (TPSA) is 74.5 Å². The van der Waals surface area contributed by atoms with Crippen molar-refractivity contribution in [3.8, 4) is 17.1 Å². The number of aryl methyl sites for hydroxylation is 1. The van der Waals surface area contributed by atoms with Crippen molar-refractivity contribution in [1.29, 1.82) is 0 Å². The number of carbonyl (C=O) groups excluding carboxylic acids is 1. The number of ether oxygens (including phenoxy) is 2. The second-order valence-electron chi connectivity index (χ2n) is 3.54. The number of carbonyl (C=O) groups is 1. The summed E-state index contributed by atoms with van der Waals surface area (Å²) in [7, 11) is 2.83. The minimum Gasteiger partial charge on any atom is -0.481 e. The van der Waals surface area contributed by atoms with Crippen LogP contribution in [0.5, 0.6) is 5.88 Å². The molecule has 0 unspecified atom stereocenters. The maximum Gasteiger partial charge on any atom is 0.343 e. The molecule has 6 nitrogen and oxygen atoms in total. The van der Waals surface area contributed by atoms with Gasteiger partial charge in [0.1, 0.15) is 17.0 Å². The Kier molecular flexibility index (Phi) is 3.27. The summed E-state index contributed by atoms with van der Waals surface area (Å²) in [6, 6.07) is 3.38. The van der Waals surface area contributed by atoms with Crippen molar-refractivity contribution in [3.63, 3.8) is 0 Å². The fourth-order valence-electron chi connectivity index (χ4n) is 1.58. The lowest BCUT2D eigenvalue weighted by molar-refractivity contribution is 0.0599. The van der Waals surface area contributed by atoms with Crippen LogP contribution >= 0.6 is 0 Å². The molecule has 18 heavy (non-hydrogen) atoms. The second-order valence-corrected chi connectivity index (χ2v) is 3.54. The van der Waals surface area contributed by atoms with Crippen LogP contribution < -0.4 is 4.74 Å². The number of esters is 1. The van der Waals surface area contributed by atoms with Crippen molar-refractivity contribution in [2.75, 3.05) is 14.2 Å². The number of pyridine rings is 1. The van der Waals surface area contributed by atoms with Crippen molar-refractivity contribution in [3.05, 3.63) is 29.7 Å². The van der Waals surface area contributed by atoms with E-state index in [0.717, 1.165) is 0 Å². The van der Waals surface area contributed by atoms with Crippen LogP contribution in [-0.2, 0) is 4.74 Å². The molecule has 0 N–H and O–H groups in total. The van der Waals surface area contributed by atoms with Gasteiger partial charge >= 0.3 is 5.97 Å². The van der Waals surface area contributed by atoms with E-state index in [9.17, 15) is 4.79 Å². The Bertz CT molecular complexity index is 577. The van der Waals surface area contributed by atoms with Gasteiger partial charge in [0.25, 0.3) is 0 Å². The van der Waals surface area contributed by atoms with Crippen LogP contribution in [0, 0.1) is 6.92 Å². The Hall–Kier alpha value is -2.37. The molecule has 0 bridgehead atoms. The fourth-order valence-corrected chi connectivity index (χ4v) is 1.58. The van der Waals surface area contributed by atoms with E-state index in [1.165, 1.54) is 14.2 Å². The summed E-state index contributed by atoms with van der Waals surface area (Å²) in [6.07, 6.45) is 1.57. The number of methoxy groups -OCH3 is 2. The van der Waals surface area contributed by atoms with E-state index in [4.69, 9.17) is 14.0 Å². The molecule has 0 atom stereocenters. The van der Waals surface area contributed by atoms with Gasteiger partial charge in [0.05, 0.1) is 14.2 Å². The first kappa shape index (κ1) is 12.1. The third-order valence-corrected chi connectivity index (χ3v) is 2.47. The molecule has 94 valence electrons. The molecule has 0 aromatic carbocycles. The van der Waals surface area contributed by atoms with Gasteiger partial charge in [-0.1, -0.05) is 5.16 Å². The van der Waals surface area contributed by atoms with Gasteiger partial charge < -0.3 is 14.0 Å². The predicted octanol–water partition coefficient (Wildman–Crippen LogP) is 1.84. The van der Waals surface area contributed by atoms with E-state index >= 15 is 0 Å². The zero-order chi connectivity index (χ0) is 13.1. The van der Waals surface area contributed by atoms with Crippen LogP contribution in [0.2, 0.25) is 0 Å². The highest BCUT2D eigenvalue weighted by Gasteiger charge is 2.22. The molecular formula is C12H12N2O4. The second kappa shape index (κ2) is 4.87. The molecule has 0 aliphatic heterocycles. The van der Waals surface area contributed by atoms with Crippen molar-refractivity contribution in [1.82, 2.24) is 10.1 Å². The summed E-state index contributed by atoms with van der Waals surface area (Å²) >= 11 is 0. The quantitative estimate of drug-likeness (QED) is 0.771. The minimum atomic E-state index is -0.487. The lowest BCUT2D eigenvalue weighted by Gasteiger charge is -2.02. The first-order valence-electron chi connectivity index (χ1n) is 5.22. The van der Waals surface area contributed by atoms with Gasteiger partial charge in [-0.05, 0) is 13.0 Å². The lowest BCUT2D eigenvalue weighted by atomic mass is 10.1. The Morgan fingerprint density at radius 2 is 2.17 bits per heavy atom. The largest absolute Gasteiger partial charge is 0.481 e. The lowest BCUT2D eigenvalue weighted by Crippen LogP contribution is -2.03. The highest BCUT2D eigenvalue weighted by atomic mass is 16.5. The molecule has 0 saturated carbocycles. The summed E-state index contributed by atoms with van der Waals surface area (Å²) in [4.78, 5) is 15.7. The normalized spacial score (nSPS) is 10.2. The van der Waals surface area contributed by atoms with Gasteiger partial charge in [0.15, 0.2) is 0 Å².